The molecule has 0 aliphatic rings. The van der Waals surface area contributed by atoms with Crippen molar-refractivity contribution in [2.45, 2.75) is 6.54 Å². The summed E-state index contributed by atoms with van der Waals surface area (Å²) < 4.78 is 19.3. The summed E-state index contributed by atoms with van der Waals surface area (Å²) >= 11 is 0. The fourth-order valence-electron chi connectivity index (χ4n) is 2.42. The first-order valence-electron chi connectivity index (χ1n) is 8.39. The minimum Gasteiger partial charge on any atom is -0.454 e. The van der Waals surface area contributed by atoms with E-state index < -0.39 is 42.3 Å². The van der Waals surface area contributed by atoms with Gasteiger partial charge in [0.2, 0.25) is 0 Å². The molecule has 3 aromatic rings. The number of hydrogen-bond acceptors (Lipinski definition) is 6. The molecule has 0 radical (unpaired) electrons. The number of ether oxygens (including phenoxy) is 1. The zero-order chi connectivity index (χ0) is 20.8. The van der Waals surface area contributed by atoms with E-state index in [9.17, 15) is 23.6 Å². The third-order valence-electron chi connectivity index (χ3n) is 3.83. The van der Waals surface area contributed by atoms with Crippen molar-refractivity contribution in [1.29, 1.82) is 0 Å². The van der Waals surface area contributed by atoms with E-state index in [1.807, 2.05) is 10.9 Å². The lowest BCUT2D eigenvalue weighted by Crippen LogP contribution is -2.44. The smallest absolute Gasteiger partial charge is 0.326 e. The minimum atomic E-state index is -0.864. The third-order valence-corrected chi connectivity index (χ3v) is 3.83. The number of carbonyl (C=O) groups is 3. The maximum Gasteiger partial charge on any atom is 0.326 e. The number of hydrazine groups is 1. The number of carbonyl (C=O) groups excluding carboxylic acids is 3. The van der Waals surface area contributed by atoms with Gasteiger partial charge in [0.1, 0.15) is 12.4 Å². The van der Waals surface area contributed by atoms with Gasteiger partial charge in [0.25, 0.3) is 17.4 Å². The second kappa shape index (κ2) is 8.74. The molecule has 1 aromatic heterocycles. The van der Waals surface area contributed by atoms with Gasteiger partial charge in [-0.15, -0.1) is 0 Å². The number of nitrogens with zero attached hydrogens (tertiary/aromatic N) is 2. The molecule has 1 heterocycles. The quantitative estimate of drug-likeness (QED) is 0.478. The first kappa shape index (κ1) is 19.7. The van der Waals surface area contributed by atoms with Crippen LogP contribution in [0.3, 0.4) is 0 Å². The average molecular weight is 398 g/mol. The van der Waals surface area contributed by atoms with E-state index in [0.717, 1.165) is 10.6 Å². The molecule has 0 saturated heterocycles. The first-order valence-corrected chi connectivity index (χ1v) is 8.39. The molecular formula is C19H15FN4O5. The van der Waals surface area contributed by atoms with Gasteiger partial charge in [0.15, 0.2) is 6.61 Å². The van der Waals surface area contributed by atoms with E-state index >= 15 is 0 Å². The highest BCUT2D eigenvalue weighted by atomic mass is 19.1. The summed E-state index contributed by atoms with van der Waals surface area (Å²) in [7, 11) is 0. The Hall–Kier alpha value is -4.08. The molecule has 148 valence electrons. The molecule has 0 fully saturated rings. The van der Waals surface area contributed by atoms with E-state index in [0.29, 0.717) is 10.9 Å². The van der Waals surface area contributed by atoms with Crippen molar-refractivity contribution in [3.05, 3.63) is 76.6 Å². The Labute approximate surface area is 163 Å². The molecule has 0 bridgehead atoms. The van der Waals surface area contributed by atoms with Gasteiger partial charge in [-0.1, -0.05) is 24.3 Å². The summed E-state index contributed by atoms with van der Waals surface area (Å²) in [4.78, 5) is 51.7. The summed E-state index contributed by atoms with van der Waals surface area (Å²) in [6.07, 6.45) is 1.21. The van der Waals surface area contributed by atoms with Gasteiger partial charge >= 0.3 is 5.97 Å². The summed E-state index contributed by atoms with van der Waals surface area (Å²) in [6, 6.07) is 11.9. The van der Waals surface area contributed by atoms with Gasteiger partial charge in [0, 0.05) is 0 Å². The molecule has 2 aromatic carbocycles. The number of aromatic nitrogens is 2. The standard InChI is InChI=1S/C19H15FN4O5/c20-14-7-3-1-5-12(14)18(27)23-22-16(25)10-29-17(26)9-24-11-21-15-8-4-2-6-13(15)19(24)28/h1-8,11H,9-10H2,(H,22,25)(H,23,27). The number of hydrogen-bond donors (Lipinski definition) is 2. The Bertz CT molecular complexity index is 1140. The predicted molar refractivity (Wildman–Crippen MR) is 99.0 cm³/mol. The molecule has 10 heteroatoms. The highest BCUT2D eigenvalue weighted by Gasteiger charge is 2.14. The van der Waals surface area contributed by atoms with E-state index in [1.165, 1.54) is 24.5 Å². The van der Waals surface area contributed by atoms with Crippen LogP contribution in [-0.4, -0.2) is 33.9 Å². The summed E-state index contributed by atoms with van der Waals surface area (Å²) in [6.45, 7) is -1.14. The number of nitrogens with one attached hydrogen (secondary N) is 2. The average Bonchev–Trinajstić information content (AvgIpc) is 2.73. The van der Waals surface area contributed by atoms with Crippen molar-refractivity contribution in [3.63, 3.8) is 0 Å². The molecular weight excluding hydrogens is 383 g/mol. The largest absolute Gasteiger partial charge is 0.454 e. The van der Waals surface area contributed by atoms with Gasteiger partial charge < -0.3 is 4.74 Å². The fourth-order valence-corrected chi connectivity index (χ4v) is 2.42. The van der Waals surface area contributed by atoms with Crippen LogP contribution in [0.5, 0.6) is 0 Å². The van der Waals surface area contributed by atoms with Crippen LogP contribution in [0.4, 0.5) is 4.39 Å². The van der Waals surface area contributed by atoms with Crippen LogP contribution in [0.15, 0.2) is 59.7 Å². The van der Waals surface area contributed by atoms with Gasteiger partial charge in [-0.3, -0.25) is 34.6 Å². The number of halogens is 1. The Morgan fingerprint density at radius 2 is 1.76 bits per heavy atom. The minimum absolute atomic E-state index is 0.257. The van der Waals surface area contributed by atoms with E-state index in [1.54, 1.807) is 24.3 Å². The number of rotatable bonds is 5. The lowest BCUT2D eigenvalue weighted by Gasteiger charge is -2.09. The molecule has 0 aliphatic carbocycles. The maximum absolute atomic E-state index is 13.5. The SMILES string of the molecule is O=C(COC(=O)Cn1cnc2ccccc2c1=O)NNC(=O)c1ccccc1F. The van der Waals surface area contributed by atoms with Gasteiger partial charge in [0.05, 0.1) is 22.8 Å². The zero-order valence-corrected chi connectivity index (χ0v) is 14.9. The molecule has 2 amide bonds. The van der Waals surface area contributed by atoms with Gasteiger partial charge in [-0.25, -0.2) is 9.37 Å². The van der Waals surface area contributed by atoms with Gasteiger partial charge in [-0.05, 0) is 24.3 Å². The topological polar surface area (TPSA) is 119 Å². The van der Waals surface area contributed by atoms with Gasteiger partial charge in [-0.2, -0.15) is 0 Å². The van der Waals surface area contributed by atoms with Crippen molar-refractivity contribution in [2.75, 3.05) is 6.61 Å². The second-order valence-electron chi connectivity index (χ2n) is 5.84. The van der Waals surface area contributed by atoms with E-state index in [-0.39, 0.29) is 5.56 Å². The third kappa shape index (κ3) is 4.80. The summed E-state index contributed by atoms with van der Waals surface area (Å²) in [5, 5.41) is 0.344. The number of para-hydroxylation sites is 1. The summed E-state index contributed by atoms with van der Waals surface area (Å²) in [5.74, 6) is -3.30. The van der Waals surface area contributed by atoms with Crippen LogP contribution in [0.1, 0.15) is 10.4 Å². The molecule has 0 saturated carbocycles. The first-order chi connectivity index (χ1) is 14.0. The zero-order valence-electron chi connectivity index (χ0n) is 14.9. The van der Waals surface area contributed by atoms with Crippen LogP contribution in [-0.2, 0) is 20.9 Å². The number of amides is 2. The van der Waals surface area contributed by atoms with E-state index in [2.05, 4.69) is 4.98 Å². The van der Waals surface area contributed by atoms with Crippen LogP contribution in [0.2, 0.25) is 0 Å². The van der Waals surface area contributed by atoms with E-state index in [4.69, 9.17) is 4.74 Å². The molecule has 0 spiro atoms. The van der Waals surface area contributed by atoms with Crippen molar-refractivity contribution in [1.82, 2.24) is 20.4 Å². The molecule has 3 rings (SSSR count). The highest BCUT2D eigenvalue weighted by molar-refractivity contribution is 5.95. The normalized spacial score (nSPS) is 10.4. The maximum atomic E-state index is 13.5. The fraction of sp³-hybridized carbons (Fsp3) is 0.105. The predicted octanol–water partition coefficient (Wildman–Crippen LogP) is 0.540. The van der Waals surface area contributed by atoms with Crippen LogP contribution < -0.4 is 16.4 Å². The molecule has 2 N–H and O–H groups in total. The number of benzene rings is 2. The van der Waals surface area contributed by atoms with Crippen LogP contribution >= 0.6 is 0 Å². The van der Waals surface area contributed by atoms with Crippen LogP contribution in [0, 0.1) is 5.82 Å². The van der Waals surface area contributed by atoms with Crippen molar-refractivity contribution in [2.24, 2.45) is 0 Å². The molecule has 29 heavy (non-hydrogen) atoms. The van der Waals surface area contributed by atoms with Crippen molar-refractivity contribution < 1.29 is 23.5 Å². The van der Waals surface area contributed by atoms with Crippen molar-refractivity contribution in [3.8, 4) is 0 Å². The van der Waals surface area contributed by atoms with Crippen molar-refractivity contribution >= 4 is 28.7 Å². The molecule has 0 aliphatic heterocycles. The Morgan fingerprint density at radius 1 is 1.03 bits per heavy atom. The number of fused-ring (bicyclic) bond motifs is 1. The molecule has 0 unspecified atom stereocenters. The summed E-state index contributed by atoms with van der Waals surface area (Å²) in [5.41, 5.74) is 3.82. The number of esters is 1. The van der Waals surface area contributed by atoms with Crippen LogP contribution in [0.25, 0.3) is 10.9 Å². The highest BCUT2D eigenvalue weighted by Crippen LogP contribution is 2.05. The lowest BCUT2D eigenvalue weighted by molar-refractivity contribution is -0.149. The lowest BCUT2D eigenvalue weighted by atomic mass is 10.2. The molecule has 9 nitrogen and oxygen atoms in total. The monoisotopic (exact) mass is 398 g/mol. The Kier molecular flexibility index (Phi) is 5.93. The Morgan fingerprint density at radius 3 is 2.55 bits per heavy atom. The second-order valence-corrected chi connectivity index (χ2v) is 5.84. The Balaban J connectivity index is 1.50. The molecule has 0 atom stereocenters.